The Morgan fingerprint density at radius 1 is 1.78 bits per heavy atom. The van der Waals surface area contributed by atoms with Gasteiger partial charge in [0.1, 0.15) is 5.75 Å². The minimum atomic E-state index is 0.255. The highest BCUT2D eigenvalue weighted by atomic mass is 16.3. The lowest BCUT2D eigenvalue weighted by atomic mass is 10.6. The summed E-state index contributed by atoms with van der Waals surface area (Å²) in [6.45, 7) is 0.514. The first-order valence-electron chi connectivity index (χ1n) is 2.61. The third-order valence-corrected chi connectivity index (χ3v) is 1.01. The van der Waals surface area contributed by atoms with Gasteiger partial charge in [0.25, 0.3) is 0 Å². The summed E-state index contributed by atoms with van der Waals surface area (Å²) in [6.07, 6.45) is 8.33. The van der Waals surface area contributed by atoms with Crippen LogP contribution in [0.2, 0.25) is 0 Å². The summed E-state index contributed by atoms with van der Waals surface area (Å²) in [5.41, 5.74) is 0. The first-order valence-corrected chi connectivity index (χ1v) is 2.61. The van der Waals surface area contributed by atoms with Crippen molar-refractivity contribution in [1.82, 2.24) is 4.57 Å². The number of terminal acetylenes is 1. The zero-order valence-electron chi connectivity index (χ0n) is 4.91. The molecule has 0 aliphatic carbocycles. The predicted molar refractivity (Wildman–Crippen MR) is 34.9 cm³/mol. The normalized spacial score (nSPS) is 8.78. The molecule has 0 bridgehead atoms. The van der Waals surface area contributed by atoms with Crippen LogP contribution in [0.4, 0.5) is 0 Å². The molecule has 0 atom stereocenters. The van der Waals surface area contributed by atoms with Gasteiger partial charge in [-0.2, -0.15) is 0 Å². The summed E-state index contributed by atoms with van der Waals surface area (Å²) in [7, 11) is 0. The highest BCUT2D eigenvalue weighted by molar-refractivity contribution is 5.15. The van der Waals surface area contributed by atoms with Gasteiger partial charge in [-0.15, -0.1) is 6.42 Å². The van der Waals surface area contributed by atoms with Crippen LogP contribution in [0.1, 0.15) is 0 Å². The SMILES string of the molecule is C#CCn1ccc(O)c1. The molecule has 0 aliphatic rings. The third-order valence-electron chi connectivity index (χ3n) is 1.01. The topological polar surface area (TPSA) is 25.2 Å². The summed E-state index contributed by atoms with van der Waals surface area (Å²) in [5, 5.41) is 8.79. The Hall–Kier alpha value is -1.36. The number of aromatic hydroxyl groups is 1. The van der Waals surface area contributed by atoms with Gasteiger partial charge in [-0.3, -0.25) is 0 Å². The van der Waals surface area contributed by atoms with Crippen LogP contribution in [0.3, 0.4) is 0 Å². The molecule has 46 valence electrons. The molecule has 1 N–H and O–H groups in total. The largest absolute Gasteiger partial charge is 0.506 e. The first-order chi connectivity index (χ1) is 4.33. The van der Waals surface area contributed by atoms with Gasteiger partial charge in [0.15, 0.2) is 0 Å². The van der Waals surface area contributed by atoms with E-state index in [1.165, 1.54) is 0 Å². The van der Waals surface area contributed by atoms with Gasteiger partial charge in [-0.25, -0.2) is 0 Å². The second-order valence-electron chi connectivity index (χ2n) is 1.75. The maximum atomic E-state index is 8.79. The van der Waals surface area contributed by atoms with Crippen LogP contribution in [-0.2, 0) is 6.54 Å². The van der Waals surface area contributed by atoms with E-state index in [-0.39, 0.29) is 5.75 Å². The minimum absolute atomic E-state index is 0.255. The van der Waals surface area contributed by atoms with Crippen LogP contribution in [0.15, 0.2) is 18.5 Å². The molecule has 1 heterocycles. The van der Waals surface area contributed by atoms with E-state index in [4.69, 9.17) is 11.5 Å². The van der Waals surface area contributed by atoms with Crippen molar-refractivity contribution in [3.8, 4) is 18.1 Å². The molecular formula is C7H7NO. The Morgan fingerprint density at radius 2 is 2.56 bits per heavy atom. The average molecular weight is 121 g/mol. The maximum absolute atomic E-state index is 8.79. The van der Waals surface area contributed by atoms with E-state index >= 15 is 0 Å². The quantitative estimate of drug-likeness (QED) is 0.547. The van der Waals surface area contributed by atoms with Crippen molar-refractivity contribution in [1.29, 1.82) is 0 Å². The van der Waals surface area contributed by atoms with E-state index in [2.05, 4.69) is 5.92 Å². The Morgan fingerprint density at radius 3 is 3.00 bits per heavy atom. The van der Waals surface area contributed by atoms with E-state index in [0.29, 0.717) is 6.54 Å². The number of hydrogen-bond donors (Lipinski definition) is 1. The van der Waals surface area contributed by atoms with Crippen molar-refractivity contribution in [3.05, 3.63) is 18.5 Å². The third kappa shape index (κ3) is 1.26. The van der Waals surface area contributed by atoms with Gasteiger partial charge in [-0.1, -0.05) is 5.92 Å². The molecule has 0 spiro atoms. The van der Waals surface area contributed by atoms with Gasteiger partial charge in [0.2, 0.25) is 0 Å². The Bertz CT molecular complexity index is 231. The fourth-order valence-electron chi connectivity index (χ4n) is 0.632. The van der Waals surface area contributed by atoms with E-state index in [9.17, 15) is 0 Å². The van der Waals surface area contributed by atoms with Crippen LogP contribution >= 0.6 is 0 Å². The molecule has 0 saturated heterocycles. The lowest BCUT2D eigenvalue weighted by Crippen LogP contribution is -1.88. The molecule has 0 radical (unpaired) electrons. The number of rotatable bonds is 1. The van der Waals surface area contributed by atoms with Crippen molar-refractivity contribution < 1.29 is 5.11 Å². The standard InChI is InChI=1S/C7H7NO/c1-2-4-8-5-3-7(9)6-8/h1,3,5-6,9H,4H2. The Labute approximate surface area is 53.7 Å². The molecule has 0 unspecified atom stereocenters. The molecule has 0 aromatic carbocycles. The van der Waals surface area contributed by atoms with Crippen molar-refractivity contribution in [2.24, 2.45) is 0 Å². The van der Waals surface area contributed by atoms with Crippen molar-refractivity contribution in [3.63, 3.8) is 0 Å². The fraction of sp³-hybridized carbons (Fsp3) is 0.143. The second-order valence-corrected chi connectivity index (χ2v) is 1.75. The highest BCUT2D eigenvalue weighted by Crippen LogP contribution is 2.06. The Balaban J connectivity index is 2.76. The van der Waals surface area contributed by atoms with Crippen molar-refractivity contribution >= 4 is 0 Å². The van der Waals surface area contributed by atoms with Gasteiger partial charge >= 0.3 is 0 Å². The van der Waals surface area contributed by atoms with Gasteiger partial charge in [-0.05, 0) is 6.07 Å². The van der Waals surface area contributed by atoms with Crippen LogP contribution in [-0.4, -0.2) is 9.67 Å². The molecule has 1 aromatic heterocycles. The molecule has 9 heavy (non-hydrogen) atoms. The second kappa shape index (κ2) is 2.27. The summed E-state index contributed by atoms with van der Waals surface area (Å²) >= 11 is 0. The minimum Gasteiger partial charge on any atom is -0.506 e. The van der Waals surface area contributed by atoms with Crippen LogP contribution in [0.25, 0.3) is 0 Å². The first kappa shape index (κ1) is 5.77. The van der Waals surface area contributed by atoms with E-state index in [0.717, 1.165) is 0 Å². The molecule has 1 rings (SSSR count). The summed E-state index contributed by atoms with van der Waals surface area (Å²) in [6, 6.07) is 1.59. The molecule has 2 heteroatoms. The van der Waals surface area contributed by atoms with Gasteiger partial charge in [0.05, 0.1) is 6.54 Å². The molecule has 0 aliphatic heterocycles. The van der Waals surface area contributed by atoms with E-state index in [1.54, 1.807) is 23.0 Å². The molecule has 1 aromatic rings. The molecule has 2 nitrogen and oxygen atoms in total. The predicted octanol–water partition coefficient (Wildman–Crippen LogP) is 0.827. The molecule has 0 amide bonds. The monoisotopic (exact) mass is 121 g/mol. The Kier molecular flexibility index (Phi) is 1.46. The zero-order valence-corrected chi connectivity index (χ0v) is 4.91. The maximum Gasteiger partial charge on any atom is 0.133 e. The number of aromatic nitrogens is 1. The lowest BCUT2D eigenvalue weighted by Gasteiger charge is -1.89. The fourth-order valence-corrected chi connectivity index (χ4v) is 0.632. The molecule has 0 saturated carbocycles. The summed E-state index contributed by atoms with van der Waals surface area (Å²) in [4.78, 5) is 0. The smallest absolute Gasteiger partial charge is 0.133 e. The van der Waals surface area contributed by atoms with Crippen LogP contribution < -0.4 is 0 Å². The lowest BCUT2D eigenvalue weighted by molar-refractivity contribution is 0.474. The molecular weight excluding hydrogens is 114 g/mol. The average Bonchev–Trinajstić information content (AvgIpc) is 2.17. The summed E-state index contributed by atoms with van der Waals surface area (Å²) in [5.74, 6) is 2.70. The van der Waals surface area contributed by atoms with E-state index in [1.807, 2.05) is 0 Å². The van der Waals surface area contributed by atoms with Gasteiger partial charge in [0, 0.05) is 12.4 Å². The van der Waals surface area contributed by atoms with Crippen LogP contribution in [0.5, 0.6) is 5.75 Å². The summed E-state index contributed by atoms with van der Waals surface area (Å²) < 4.78 is 1.73. The number of hydrogen-bond acceptors (Lipinski definition) is 1. The van der Waals surface area contributed by atoms with Gasteiger partial charge < -0.3 is 9.67 Å². The van der Waals surface area contributed by atoms with E-state index < -0.39 is 0 Å². The highest BCUT2D eigenvalue weighted by Gasteiger charge is 1.88. The van der Waals surface area contributed by atoms with Crippen molar-refractivity contribution in [2.45, 2.75) is 6.54 Å². The zero-order chi connectivity index (χ0) is 6.69. The molecule has 0 fully saturated rings. The van der Waals surface area contributed by atoms with Crippen molar-refractivity contribution in [2.75, 3.05) is 0 Å². The van der Waals surface area contributed by atoms with Crippen LogP contribution in [0, 0.1) is 12.3 Å². The number of nitrogens with zero attached hydrogens (tertiary/aromatic N) is 1.